The summed E-state index contributed by atoms with van der Waals surface area (Å²) in [6.45, 7) is -1.28. The molecule has 0 unspecified atom stereocenters. The Labute approximate surface area is 282 Å². The van der Waals surface area contributed by atoms with Crippen LogP contribution < -0.4 is 17.0 Å². The highest BCUT2D eigenvalue weighted by Gasteiger charge is 2.18. The number of aryl methyl sites for hydroxylation is 1. The van der Waals surface area contributed by atoms with Gasteiger partial charge in [0.2, 0.25) is 5.62 Å². The van der Waals surface area contributed by atoms with Gasteiger partial charge in [-0.1, -0.05) is 22.9 Å². The number of aromatic nitrogens is 8. The normalized spacial score (nSPS) is 11.7. The number of H-pyrrole nitrogens is 1. The van der Waals surface area contributed by atoms with Crippen LogP contribution in [0.1, 0.15) is 32.7 Å². The lowest BCUT2D eigenvalue weighted by atomic mass is 10.1. The van der Waals surface area contributed by atoms with Crippen molar-refractivity contribution >= 4 is 40.2 Å². The van der Waals surface area contributed by atoms with E-state index in [4.69, 9.17) is 16.9 Å². The van der Waals surface area contributed by atoms with Crippen LogP contribution in [0.15, 0.2) is 75.5 Å². The number of aromatic amines is 1. The standard InChI is InChI=1S/C32H19ClF3N11O3/c1-44-14-21-8-28(23(33)9-27(21)42-44)40-30-41-31(49)46(32(50)45(30)15-20-7-25(35)26(36)10-24(20)34)16-22-13-39-43-47(22)29(48)5-3-17-2-4-18(11-37)19(6-17)12-38/h2-10,13-14H,15-16H2,1H3,(H,40,41,49)/b5-3+. The number of nitriles is 2. The Kier molecular flexibility index (Phi) is 8.82. The Morgan fingerprint density at radius 1 is 1.00 bits per heavy atom. The SMILES string of the molecule is Cn1cc2cc(/N=c3\[nH]c(=O)n(Cc4cnnn4C(=O)/C=C/c4ccc(C#N)c(C#N)c4)c(=O)n3Cc3cc(F)c(F)cc3F)c(Cl)cc2n1. The van der Waals surface area contributed by atoms with E-state index in [0.29, 0.717) is 33.2 Å². The molecule has 3 heterocycles. The van der Waals surface area contributed by atoms with E-state index in [9.17, 15) is 32.8 Å². The minimum Gasteiger partial charge on any atom is -0.277 e. The summed E-state index contributed by atoms with van der Waals surface area (Å²) in [5.74, 6) is -4.73. The number of carbonyl (C=O) groups is 1. The monoisotopic (exact) mass is 697 g/mol. The fraction of sp³-hybridized carbons (Fsp3) is 0.0938. The summed E-state index contributed by atoms with van der Waals surface area (Å²) < 4.78 is 46.5. The quantitative estimate of drug-likeness (QED) is 0.194. The van der Waals surface area contributed by atoms with Gasteiger partial charge in [0.15, 0.2) is 11.6 Å². The first-order valence-corrected chi connectivity index (χ1v) is 14.6. The number of benzene rings is 3. The molecule has 248 valence electrons. The van der Waals surface area contributed by atoms with Gasteiger partial charge in [0.05, 0.1) is 52.3 Å². The highest BCUT2D eigenvalue weighted by atomic mass is 35.5. The fourth-order valence-corrected chi connectivity index (χ4v) is 5.14. The second kappa shape index (κ2) is 13.3. The molecule has 0 aliphatic carbocycles. The first kappa shape index (κ1) is 33.1. The molecule has 0 bridgehead atoms. The van der Waals surface area contributed by atoms with E-state index in [1.807, 2.05) is 12.1 Å². The van der Waals surface area contributed by atoms with Gasteiger partial charge >= 0.3 is 11.4 Å². The lowest BCUT2D eigenvalue weighted by Crippen LogP contribution is -2.50. The molecule has 18 heteroatoms. The Morgan fingerprint density at radius 2 is 1.76 bits per heavy atom. The lowest BCUT2D eigenvalue weighted by Gasteiger charge is -2.12. The molecule has 0 spiro atoms. The third-order valence-electron chi connectivity index (χ3n) is 7.36. The molecule has 3 aromatic heterocycles. The highest BCUT2D eigenvalue weighted by Crippen LogP contribution is 2.29. The van der Waals surface area contributed by atoms with E-state index in [-0.39, 0.29) is 27.5 Å². The Hall–Kier alpha value is -6.85. The van der Waals surface area contributed by atoms with Crippen LogP contribution in [0.2, 0.25) is 5.02 Å². The maximum atomic E-state index is 14.8. The van der Waals surface area contributed by atoms with Gasteiger partial charge < -0.3 is 0 Å². The molecule has 1 N–H and O–H groups in total. The largest absolute Gasteiger partial charge is 0.335 e. The van der Waals surface area contributed by atoms with E-state index in [1.54, 1.807) is 19.3 Å². The molecule has 6 aromatic rings. The summed E-state index contributed by atoms with van der Waals surface area (Å²) in [5, 5.41) is 30.8. The molecular weight excluding hydrogens is 679 g/mol. The number of halogens is 4. The van der Waals surface area contributed by atoms with Crippen molar-refractivity contribution in [2.24, 2.45) is 12.0 Å². The molecular formula is C32H19ClF3N11O3. The molecule has 0 aliphatic heterocycles. The lowest BCUT2D eigenvalue weighted by molar-refractivity contribution is 0.0949. The first-order valence-electron chi connectivity index (χ1n) is 14.3. The summed E-state index contributed by atoms with van der Waals surface area (Å²) in [6, 6.07) is 12.1. The number of fused-ring (bicyclic) bond motifs is 1. The highest BCUT2D eigenvalue weighted by molar-refractivity contribution is 6.33. The zero-order chi connectivity index (χ0) is 35.7. The maximum Gasteiger partial charge on any atom is 0.335 e. The molecule has 0 saturated carbocycles. The van der Waals surface area contributed by atoms with Crippen LogP contribution in [0, 0.1) is 40.1 Å². The van der Waals surface area contributed by atoms with Crippen molar-refractivity contribution in [1.29, 1.82) is 10.5 Å². The molecule has 0 fully saturated rings. The van der Waals surface area contributed by atoms with Gasteiger partial charge in [0.1, 0.15) is 18.0 Å². The van der Waals surface area contributed by atoms with Gasteiger partial charge in [-0.05, 0) is 42.0 Å². The fourth-order valence-electron chi connectivity index (χ4n) is 4.94. The summed E-state index contributed by atoms with van der Waals surface area (Å²) in [5.41, 5.74) is -1.63. The summed E-state index contributed by atoms with van der Waals surface area (Å²) >= 11 is 6.42. The van der Waals surface area contributed by atoms with Crippen LogP contribution in [0.3, 0.4) is 0 Å². The number of carbonyl (C=O) groups excluding carboxylic acids is 1. The topological polar surface area (TPSA) is 185 Å². The number of nitrogens with zero attached hydrogens (tertiary/aromatic N) is 10. The molecule has 50 heavy (non-hydrogen) atoms. The van der Waals surface area contributed by atoms with E-state index in [1.165, 1.54) is 35.0 Å². The zero-order valence-corrected chi connectivity index (χ0v) is 26.2. The van der Waals surface area contributed by atoms with Crippen LogP contribution in [0.5, 0.6) is 0 Å². The van der Waals surface area contributed by atoms with Crippen LogP contribution in [-0.2, 0) is 20.1 Å². The van der Waals surface area contributed by atoms with Crippen LogP contribution in [-0.4, -0.2) is 44.8 Å². The summed E-state index contributed by atoms with van der Waals surface area (Å²) in [7, 11) is 1.69. The van der Waals surface area contributed by atoms with Crippen LogP contribution in [0.4, 0.5) is 18.9 Å². The van der Waals surface area contributed by atoms with Gasteiger partial charge in [0.25, 0.3) is 5.91 Å². The number of nitrogens with one attached hydrogen (secondary N) is 1. The molecule has 0 aliphatic rings. The number of hydrogen-bond acceptors (Lipinski definition) is 9. The van der Waals surface area contributed by atoms with Gasteiger partial charge in [-0.15, -0.1) is 5.10 Å². The second-order valence-corrected chi connectivity index (χ2v) is 11.1. The average Bonchev–Trinajstić information content (AvgIpc) is 3.70. The van der Waals surface area contributed by atoms with Crippen LogP contribution in [0.25, 0.3) is 17.0 Å². The van der Waals surface area contributed by atoms with Gasteiger partial charge in [0, 0.05) is 36.3 Å². The van der Waals surface area contributed by atoms with Gasteiger partial charge in [-0.3, -0.25) is 19.0 Å². The molecule has 3 aromatic carbocycles. The smallest absolute Gasteiger partial charge is 0.277 e. The Balaban J connectivity index is 1.42. The third kappa shape index (κ3) is 6.48. The minimum atomic E-state index is -1.44. The average molecular weight is 698 g/mol. The third-order valence-corrected chi connectivity index (χ3v) is 7.67. The number of allylic oxidation sites excluding steroid dienone is 1. The van der Waals surface area contributed by atoms with Crippen LogP contribution >= 0.6 is 11.6 Å². The Bertz CT molecular complexity index is 2670. The van der Waals surface area contributed by atoms with Crippen molar-refractivity contribution in [2.45, 2.75) is 13.1 Å². The molecule has 0 radical (unpaired) electrons. The van der Waals surface area contributed by atoms with E-state index < -0.39 is 59.0 Å². The van der Waals surface area contributed by atoms with E-state index >= 15 is 0 Å². The minimum absolute atomic E-state index is 0.0230. The molecule has 0 atom stereocenters. The van der Waals surface area contributed by atoms with Gasteiger partial charge in [-0.25, -0.2) is 32.3 Å². The molecule has 0 saturated heterocycles. The predicted molar refractivity (Wildman–Crippen MR) is 170 cm³/mol. The zero-order valence-electron chi connectivity index (χ0n) is 25.5. The van der Waals surface area contributed by atoms with Crippen molar-refractivity contribution in [1.82, 2.24) is 38.9 Å². The van der Waals surface area contributed by atoms with Crippen molar-refractivity contribution in [2.75, 3.05) is 0 Å². The maximum absolute atomic E-state index is 14.8. The number of hydrogen-bond donors (Lipinski definition) is 1. The predicted octanol–water partition coefficient (Wildman–Crippen LogP) is 3.31. The van der Waals surface area contributed by atoms with E-state index in [0.717, 1.165) is 21.5 Å². The first-order chi connectivity index (χ1) is 23.9. The molecule has 0 amide bonds. The molecule has 14 nitrogen and oxygen atoms in total. The van der Waals surface area contributed by atoms with E-state index in [2.05, 4.69) is 25.4 Å². The van der Waals surface area contributed by atoms with Crippen molar-refractivity contribution in [3.8, 4) is 12.1 Å². The summed E-state index contributed by atoms with van der Waals surface area (Å²) in [4.78, 5) is 47.1. The Morgan fingerprint density at radius 3 is 2.52 bits per heavy atom. The molecule has 6 rings (SSSR count). The van der Waals surface area contributed by atoms with Gasteiger partial charge in [-0.2, -0.15) is 20.3 Å². The number of rotatable bonds is 7. The summed E-state index contributed by atoms with van der Waals surface area (Å²) in [6.07, 6.45) is 5.28. The van der Waals surface area contributed by atoms with Crippen molar-refractivity contribution in [3.05, 3.63) is 138 Å². The second-order valence-electron chi connectivity index (χ2n) is 10.7. The van der Waals surface area contributed by atoms with Crippen molar-refractivity contribution < 1.29 is 18.0 Å². The van der Waals surface area contributed by atoms with Crippen molar-refractivity contribution in [3.63, 3.8) is 0 Å².